The number of hydrogen-bond donors (Lipinski definition) is 1. The summed E-state index contributed by atoms with van der Waals surface area (Å²) in [6.45, 7) is 2.39. The summed E-state index contributed by atoms with van der Waals surface area (Å²) in [7, 11) is 0. The third-order valence-corrected chi connectivity index (χ3v) is 3.56. The minimum absolute atomic E-state index is 0.117. The third-order valence-electron chi connectivity index (χ3n) is 2.36. The van der Waals surface area contributed by atoms with Crippen LogP contribution < -0.4 is 5.32 Å². The summed E-state index contributed by atoms with van der Waals surface area (Å²) in [6.07, 6.45) is -4.43. The summed E-state index contributed by atoms with van der Waals surface area (Å²) in [6, 6.07) is 5.63. The lowest BCUT2D eigenvalue weighted by atomic mass is 10.2. The first-order valence-corrected chi connectivity index (χ1v) is 6.58. The molecular formula is C12H10ClF3N2S. The number of thiophene rings is 1. The first-order valence-electron chi connectivity index (χ1n) is 5.38. The molecule has 0 saturated heterocycles. The molecule has 2 nitrogen and oxygen atoms in total. The normalized spacial score (nSPS) is 11.6. The second-order valence-electron chi connectivity index (χ2n) is 3.93. The van der Waals surface area contributed by atoms with Gasteiger partial charge in [0.15, 0.2) is 0 Å². The van der Waals surface area contributed by atoms with E-state index in [0.29, 0.717) is 6.54 Å². The highest BCUT2D eigenvalue weighted by molar-refractivity contribution is 7.11. The van der Waals surface area contributed by atoms with Gasteiger partial charge in [0.2, 0.25) is 0 Å². The van der Waals surface area contributed by atoms with Gasteiger partial charge in [0.25, 0.3) is 0 Å². The number of nitrogens with zero attached hydrogens (tertiary/aromatic N) is 1. The summed E-state index contributed by atoms with van der Waals surface area (Å²) in [5, 5.41) is 2.66. The van der Waals surface area contributed by atoms with Crippen molar-refractivity contribution >= 4 is 28.8 Å². The highest BCUT2D eigenvalue weighted by Gasteiger charge is 2.31. The molecule has 0 unspecified atom stereocenters. The summed E-state index contributed by atoms with van der Waals surface area (Å²) in [4.78, 5) is 5.99. The summed E-state index contributed by atoms with van der Waals surface area (Å²) in [5.41, 5.74) is -0.808. The number of aromatic nitrogens is 1. The van der Waals surface area contributed by atoms with E-state index in [1.54, 1.807) is 11.3 Å². The van der Waals surface area contributed by atoms with E-state index in [1.165, 1.54) is 0 Å². The Balaban J connectivity index is 2.14. The molecule has 19 heavy (non-hydrogen) atoms. The Morgan fingerprint density at radius 1 is 1.32 bits per heavy atom. The van der Waals surface area contributed by atoms with Crippen LogP contribution in [0.4, 0.5) is 19.0 Å². The van der Waals surface area contributed by atoms with Gasteiger partial charge in [-0.25, -0.2) is 4.98 Å². The van der Waals surface area contributed by atoms with Gasteiger partial charge >= 0.3 is 6.18 Å². The smallest absolute Gasteiger partial charge is 0.365 e. The third kappa shape index (κ3) is 3.84. The summed E-state index contributed by atoms with van der Waals surface area (Å²) in [5.74, 6) is 0.117. The molecule has 0 aliphatic heterocycles. The molecule has 0 fully saturated rings. The summed E-state index contributed by atoms with van der Waals surface area (Å²) >= 11 is 7.17. The topological polar surface area (TPSA) is 24.9 Å². The Kier molecular flexibility index (Phi) is 4.01. The maximum absolute atomic E-state index is 12.6. The van der Waals surface area contributed by atoms with Gasteiger partial charge in [0.05, 0.1) is 12.1 Å². The van der Waals surface area contributed by atoms with Crippen LogP contribution >= 0.6 is 22.9 Å². The van der Waals surface area contributed by atoms with E-state index in [2.05, 4.69) is 10.3 Å². The number of pyridine rings is 1. The fourth-order valence-electron chi connectivity index (χ4n) is 1.51. The SMILES string of the molecule is Cc1ccc(CNc2cc(C(F)(F)F)cc(Cl)n2)s1. The van der Waals surface area contributed by atoms with Crippen LogP contribution in [0.1, 0.15) is 15.3 Å². The van der Waals surface area contributed by atoms with Crippen molar-refractivity contribution in [3.8, 4) is 0 Å². The lowest BCUT2D eigenvalue weighted by Gasteiger charge is -2.10. The molecule has 0 radical (unpaired) electrons. The van der Waals surface area contributed by atoms with Gasteiger partial charge in [0.1, 0.15) is 11.0 Å². The second kappa shape index (κ2) is 5.38. The zero-order valence-electron chi connectivity index (χ0n) is 9.88. The molecule has 2 aromatic rings. The number of aryl methyl sites for hydroxylation is 1. The van der Waals surface area contributed by atoms with Crippen LogP contribution in [0, 0.1) is 6.92 Å². The lowest BCUT2D eigenvalue weighted by Crippen LogP contribution is -2.08. The van der Waals surface area contributed by atoms with Gasteiger partial charge in [-0.3, -0.25) is 0 Å². The maximum atomic E-state index is 12.6. The van der Waals surface area contributed by atoms with E-state index < -0.39 is 11.7 Å². The molecule has 2 rings (SSSR count). The van der Waals surface area contributed by atoms with Crippen molar-refractivity contribution in [3.63, 3.8) is 0 Å². The van der Waals surface area contributed by atoms with E-state index in [1.807, 2.05) is 19.1 Å². The van der Waals surface area contributed by atoms with Crippen LogP contribution in [0.15, 0.2) is 24.3 Å². The Hall–Kier alpha value is -1.27. The van der Waals surface area contributed by atoms with Crippen molar-refractivity contribution in [2.24, 2.45) is 0 Å². The molecule has 102 valence electrons. The van der Waals surface area contributed by atoms with Gasteiger partial charge in [-0.05, 0) is 31.2 Å². The van der Waals surface area contributed by atoms with Gasteiger partial charge < -0.3 is 5.32 Å². The Bertz CT molecular complexity index is 581. The van der Waals surface area contributed by atoms with E-state index in [4.69, 9.17) is 11.6 Å². The van der Waals surface area contributed by atoms with Crippen molar-refractivity contribution < 1.29 is 13.2 Å². The first kappa shape index (κ1) is 14.1. The van der Waals surface area contributed by atoms with Crippen LogP contribution in [-0.4, -0.2) is 4.98 Å². The van der Waals surface area contributed by atoms with Crippen LogP contribution in [0.2, 0.25) is 5.15 Å². The number of alkyl halides is 3. The predicted octanol–water partition coefficient (Wildman–Crippen LogP) is 4.74. The fourth-order valence-corrected chi connectivity index (χ4v) is 2.55. The molecule has 0 aliphatic rings. The van der Waals surface area contributed by atoms with Crippen LogP contribution in [0.25, 0.3) is 0 Å². The lowest BCUT2D eigenvalue weighted by molar-refractivity contribution is -0.137. The van der Waals surface area contributed by atoms with Crippen LogP contribution in [-0.2, 0) is 12.7 Å². The van der Waals surface area contributed by atoms with E-state index >= 15 is 0 Å². The first-order chi connectivity index (χ1) is 8.84. The quantitative estimate of drug-likeness (QED) is 0.829. The van der Waals surface area contributed by atoms with Crippen molar-refractivity contribution in [2.75, 3.05) is 5.32 Å². The maximum Gasteiger partial charge on any atom is 0.416 e. The van der Waals surface area contributed by atoms with E-state index in [0.717, 1.165) is 21.9 Å². The average molecular weight is 307 g/mol. The number of rotatable bonds is 3. The molecule has 2 heterocycles. The number of anilines is 1. The molecule has 0 atom stereocenters. The number of halogens is 4. The zero-order valence-corrected chi connectivity index (χ0v) is 11.5. The van der Waals surface area contributed by atoms with Gasteiger partial charge in [-0.1, -0.05) is 11.6 Å². The number of nitrogens with one attached hydrogen (secondary N) is 1. The molecule has 0 amide bonds. The molecule has 0 spiro atoms. The Labute approximate surface area is 117 Å². The minimum Gasteiger partial charge on any atom is -0.365 e. The van der Waals surface area contributed by atoms with Crippen molar-refractivity contribution in [2.45, 2.75) is 19.6 Å². The van der Waals surface area contributed by atoms with Gasteiger partial charge in [-0.15, -0.1) is 11.3 Å². The van der Waals surface area contributed by atoms with Crippen LogP contribution in [0.5, 0.6) is 0 Å². The molecule has 0 saturated carbocycles. The Morgan fingerprint density at radius 3 is 2.63 bits per heavy atom. The molecule has 0 bridgehead atoms. The molecule has 0 aromatic carbocycles. The van der Waals surface area contributed by atoms with E-state index in [-0.39, 0.29) is 11.0 Å². The summed E-state index contributed by atoms with van der Waals surface area (Å²) < 4.78 is 37.8. The average Bonchev–Trinajstić information content (AvgIpc) is 2.71. The van der Waals surface area contributed by atoms with Crippen molar-refractivity contribution in [1.29, 1.82) is 0 Å². The van der Waals surface area contributed by atoms with Crippen LogP contribution in [0.3, 0.4) is 0 Å². The van der Waals surface area contributed by atoms with Crippen molar-refractivity contribution in [1.82, 2.24) is 4.98 Å². The molecule has 2 aromatic heterocycles. The number of hydrogen-bond acceptors (Lipinski definition) is 3. The highest BCUT2D eigenvalue weighted by atomic mass is 35.5. The highest BCUT2D eigenvalue weighted by Crippen LogP contribution is 2.32. The van der Waals surface area contributed by atoms with Gasteiger partial charge in [-0.2, -0.15) is 13.2 Å². The van der Waals surface area contributed by atoms with Gasteiger partial charge in [0, 0.05) is 9.75 Å². The standard InChI is InChI=1S/C12H10ClF3N2S/c1-7-2-3-9(19-7)6-17-11-5-8(12(14,15)16)4-10(13)18-11/h2-5H,6H2,1H3,(H,17,18). The molecular weight excluding hydrogens is 297 g/mol. The molecule has 0 aliphatic carbocycles. The van der Waals surface area contributed by atoms with E-state index in [9.17, 15) is 13.2 Å². The second-order valence-corrected chi connectivity index (χ2v) is 5.69. The monoisotopic (exact) mass is 306 g/mol. The minimum atomic E-state index is -4.43. The Morgan fingerprint density at radius 2 is 2.05 bits per heavy atom. The largest absolute Gasteiger partial charge is 0.416 e. The fraction of sp³-hybridized carbons (Fsp3) is 0.250. The zero-order chi connectivity index (χ0) is 14.0. The van der Waals surface area contributed by atoms with Crippen molar-refractivity contribution in [3.05, 3.63) is 44.7 Å². The molecule has 1 N–H and O–H groups in total. The molecule has 7 heteroatoms. The predicted molar refractivity (Wildman–Crippen MR) is 70.6 cm³/mol.